The van der Waals surface area contributed by atoms with E-state index in [1.807, 2.05) is 0 Å². The van der Waals surface area contributed by atoms with Gasteiger partial charge in [-0.2, -0.15) is 13.2 Å². The highest BCUT2D eigenvalue weighted by Gasteiger charge is 2.36. The Kier molecular flexibility index (Phi) is 5.85. The monoisotopic (exact) mass is 466 g/mol. The van der Waals surface area contributed by atoms with E-state index in [1.54, 1.807) is 0 Å². The van der Waals surface area contributed by atoms with Gasteiger partial charge in [0.25, 0.3) is 11.8 Å². The molecular weight excluding hydrogens is 447 g/mol. The molecule has 10 heteroatoms. The lowest BCUT2D eigenvalue weighted by Crippen LogP contribution is -2.42. The van der Waals surface area contributed by atoms with Crippen LogP contribution < -0.4 is 5.32 Å². The number of carbonyl (C=O) groups excluding carboxylic acids is 2. The van der Waals surface area contributed by atoms with E-state index in [1.165, 1.54) is 41.3 Å². The number of hydrogen-bond donors (Lipinski definition) is 1. The molecule has 174 valence electrons. The average molecular weight is 466 g/mol. The third-order valence-corrected chi connectivity index (χ3v) is 5.58. The van der Waals surface area contributed by atoms with Crippen LogP contribution in [0.4, 0.5) is 22.0 Å². The van der Waals surface area contributed by atoms with Gasteiger partial charge in [-0.3, -0.25) is 9.59 Å². The number of carbonyl (C=O) groups is 2. The molecule has 33 heavy (non-hydrogen) atoms. The molecule has 2 amide bonds. The van der Waals surface area contributed by atoms with Gasteiger partial charge in [0.1, 0.15) is 11.3 Å². The van der Waals surface area contributed by atoms with Crippen molar-refractivity contribution in [2.24, 2.45) is 0 Å². The summed E-state index contributed by atoms with van der Waals surface area (Å²) < 4.78 is 73.0. The number of hydrogen-bond acceptors (Lipinski definition) is 3. The number of benzene rings is 2. The zero-order valence-electron chi connectivity index (χ0n) is 17.2. The van der Waals surface area contributed by atoms with Crippen LogP contribution in [0.3, 0.4) is 0 Å². The topological polar surface area (TPSA) is 62.6 Å². The quantitative estimate of drug-likeness (QED) is 0.414. The van der Waals surface area contributed by atoms with Crippen molar-refractivity contribution in [1.29, 1.82) is 0 Å². The van der Waals surface area contributed by atoms with Crippen molar-refractivity contribution >= 4 is 23.3 Å². The van der Waals surface area contributed by atoms with Crippen LogP contribution in [-0.2, 0) is 17.5 Å². The van der Waals surface area contributed by atoms with Gasteiger partial charge in [-0.1, -0.05) is 12.1 Å². The molecule has 0 radical (unpaired) electrons. The molecular formula is C23H19F5N2O3. The molecule has 1 N–H and O–H groups in total. The SMILES string of the molecule is O=CNCc1cc2cc(-c3ccc(C(=O)N4CCC(F)(F)CC4)cc3)cc(C(F)(F)F)c2o1. The van der Waals surface area contributed by atoms with E-state index in [0.717, 1.165) is 6.07 Å². The Hall–Kier alpha value is -3.43. The normalized spacial score (nSPS) is 16.1. The van der Waals surface area contributed by atoms with Crippen molar-refractivity contribution in [2.45, 2.75) is 31.5 Å². The van der Waals surface area contributed by atoms with Gasteiger partial charge in [0.15, 0.2) is 0 Å². The highest BCUT2D eigenvalue weighted by atomic mass is 19.4. The molecule has 4 rings (SSSR count). The van der Waals surface area contributed by atoms with E-state index in [4.69, 9.17) is 4.42 Å². The fourth-order valence-corrected chi connectivity index (χ4v) is 3.84. The van der Waals surface area contributed by atoms with Crippen LogP contribution in [0.15, 0.2) is 46.9 Å². The van der Waals surface area contributed by atoms with Crippen LogP contribution in [-0.4, -0.2) is 36.2 Å². The minimum absolute atomic E-state index is 0.0515. The van der Waals surface area contributed by atoms with Crippen molar-refractivity contribution < 1.29 is 36.0 Å². The van der Waals surface area contributed by atoms with E-state index < -0.39 is 36.4 Å². The first-order valence-electron chi connectivity index (χ1n) is 10.2. The average Bonchev–Trinajstić information content (AvgIpc) is 3.18. The Balaban J connectivity index is 1.63. The first kappa shape index (κ1) is 22.8. The molecule has 1 aliphatic rings. The number of halogens is 5. The number of nitrogens with zero attached hydrogens (tertiary/aromatic N) is 1. The molecule has 3 aromatic rings. The van der Waals surface area contributed by atoms with E-state index in [-0.39, 0.29) is 47.5 Å². The molecule has 0 unspecified atom stereocenters. The standard InChI is InChI=1S/C23H19F5N2O3/c24-22(25)5-7-30(8-6-22)21(32)15-3-1-14(2-4-15)16-9-17-10-18(12-29-13-31)33-20(17)19(11-16)23(26,27)28/h1-4,9-11,13H,5-8,12H2,(H,29,31). The van der Waals surface area contributed by atoms with Gasteiger partial charge in [-0.25, -0.2) is 8.78 Å². The van der Waals surface area contributed by atoms with Crippen LogP contribution in [0.25, 0.3) is 22.1 Å². The molecule has 2 heterocycles. The van der Waals surface area contributed by atoms with E-state index >= 15 is 0 Å². The van der Waals surface area contributed by atoms with E-state index in [9.17, 15) is 31.5 Å². The number of alkyl halides is 5. The first-order valence-corrected chi connectivity index (χ1v) is 10.2. The second-order valence-electron chi connectivity index (χ2n) is 7.88. The van der Waals surface area contributed by atoms with Crippen molar-refractivity contribution in [3.05, 3.63) is 59.4 Å². The summed E-state index contributed by atoms with van der Waals surface area (Å²) in [4.78, 5) is 24.4. The Bertz CT molecular complexity index is 1180. The van der Waals surface area contributed by atoms with Gasteiger partial charge in [0.05, 0.1) is 12.1 Å². The van der Waals surface area contributed by atoms with Crippen LogP contribution in [0.5, 0.6) is 0 Å². The number of furan rings is 1. The Labute approximate surface area is 185 Å². The van der Waals surface area contributed by atoms with Crippen molar-refractivity contribution in [1.82, 2.24) is 10.2 Å². The predicted octanol–water partition coefficient (Wildman–Crippen LogP) is 5.24. The lowest BCUT2D eigenvalue weighted by Gasteiger charge is -2.31. The largest absolute Gasteiger partial charge is 0.459 e. The molecule has 5 nitrogen and oxygen atoms in total. The molecule has 1 aromatic heterocycles. The van der Waals surface area contributed by atoms with Crippen molar-refractivity contribution in [3.63, 3.8) is 0 Å². The summed E-state index contributed by atoms with van der Waals surface area (Å²) in [7, 11) is 0. The number of rotatable bonds is 5. The number of fused-ring (bicyclic) bond motifs is 1. The number of nitrogens with one attached hydrogen (secondary N) is 1. The highest BCUT2D eigenvalue weighted by Crippen LogP contribution is 2.39. The molecule has 1 fully saturated rings. The van der Waals surface area contributed by atoms with E-state index in [2.05, 4.69) is 5.32 Å². The van der Waals surface area contributed by atoms with Crippen molar-refractivity contribution in [3.8, 4) is 11.1 Å². The number of amides is 2. The maximum absolute atomic E-state index is 13.7. The van der Waals surface area contributed by atoms with Gasteiger partial charge in [0, 0.05) is 36.9 Å². The maximum atomic E-state index is 13.7. The molecule has 1 saturated heterocycles. The number of piperidine rings is 1. The molecule has 0 bridgehead atoms. The third kappa shape index (κ3) is 4.84. The summed E-state index contributed by atoms with van der Waals surface area (Å²) in [5.74, 6) is -3.00. The fourth-order valence-electron chi connectivity index (χ4n) is 3.84. The molecule has 0 aliphatic carbocycles. The second kappa shape index (κ2) is 8.49. The summed E-state index contributed by atoms with van der Waals surface area (Å²) in [5, 5.41) is 2.56. The lowest BCUT2D eigenvalue weighted by atomic mass is 9.98. The minimum atomic E-state index is -4.67. The van der Waals surface area contributed by atoms with Crippen molar-refractivity contribution in [2.75, 3.05) is 13.1 Å². The smallest absolute Gasteiger partial charge is 0.420 e. The van der Waals surface area contributed by atoms with Crippen LogP contribution in [0.1, 0.15) is 34.5 Å². The Morgan fingerprint density at radius 3 is 2.33 bits per heavy atom. The van der Waals surface area contributed by atoms with Crippen LogP contribution in [0.2, 0.25) is 0 Å². The molecule has 0 spiro atoms. The summed E-state index contributed by atoms with van der Waals surface area (Å²) in [6.45, 7) is -0.161. The zero-order valence-corrected chi connectivity index (χ0v) is 17.2. The first-order chi connectivity index (χ1) is 15.6. The summed E-state index contributed by atoms with van der Waals surface area (Å²) in [6, 6.07) is 9.89. The van der Waals surface area contributed by atoms with Gasteiger partial charge in [-0.05, 0) is 41.5 Å². The minimum Gasteiger partial charge on any atom is -0.459 e. The van der Waals surface area contributed by atoms with Crippen LogP contribution >= 0.6 is 0 Å². The second-order valence-corrected chi connectivity index (χ2v) is 7.88. The molecule has 1 aliphatic heterocycles. The van der Waals surface area contributed by atoms with Gasteiger partial charge < -0.3 is 14.6 Å². The molecule has 0 atom stereocenters. The van der Waals surface area contributed by atoms with Gasteiger partial charge in [0.2, 0.25) is 6.41 Å². The molecule has 2 aromatic carbocycles. The highest BCUT2D eigenvalue weighted by molar-refractivity contribution is 5.95. The van der Waals surface area contributed by atoms with Crippen LogP contribution in [0, 0.1) is 0 Å². The summed E-state index contributed by atoms with van der Waals surface area (Å²) >= 11 is 0. The zero-order chi connectivity index (χ0) is 23.8. The van der Waals surface area contributed by atoms with E-state index in [0.29, 0.717) is 12.0 Å². The number of likely N-dealkylation sites (tertiary alicyclic amines) is 1. The summed E-state index contributed by atoms with van der Waals surface area (Å²) in [6.07, 6.45) is -5.05. The summed E-state index contributed by atoms with van der Waals surface area (Å²) in [5.41, 5.74) is -0.309. The fraction of sp³-hybridized carbons (Fsp3) is 0.304. The van der Waals surface area contributed by atoms with Gasteiger partial charge >= 0.3 is 6.18 Å². The van der Waals surface area contributed by atoms with Gasteiger partial charge in [-0.15, -0.1) is 0 Å². The predicted molar refractivity (Wildman–Crippen MR) is 110 cm³/mol. The Morgan fingerprint density at radius 2 is 1.73 bits per heavy atom. The Morgan fingerprint density at radius 1 is 1.06 bits per heavy atom. The molecule has 0 saturated carbocycles. The maximum Gasteiger partial charge on any atom is 0.420 e. The third-order valence-electron chi connectivity index (χ3n) is 5.58. The lowest BCUT2D eigenvalue weighted by molar-refractivity contribution is -0.136.